The number of benzene rings is 1. The average molecular weight is 217 g/mol. The van der Waals surface area contributed by atoms with Crippen molar-refractivity contribution in [1.82, 2.24) is 4.98 Å². The molecule has 0 fully saturated rings. The molecule has 74 valence electrons. The van der Waals surface area contributed by atoms with Crippen LogP contribution in [0.15, 0.2) is 18.2 Å². The molecule has 0 aliphatic rings. The van der Waals surface area contributed by atoms with Crippen molar-refractivity contribution in [3.63, 3.8) is 0 Å². The van der Waals surface area contributed by atoms with Gasteiger partial charge >= 0.3 is 6.18 Å². The van der Waals surface area contributed by atoms with Crippen LogP contribution in [0.4, 0.5) is 13.2 Å². The largest absolute Gasteiger partial charge is 0.417 e. The van der Waals surface area contributed by atoms with Crippen molar-refractivity contribution in [1.29, 1.82) is 0 Å². The molecule has 5 heteroatoms. The summed E-state index contributed by atoms with van der Waals surface area (Å²) in [5.74, 6) is 0. The fourth-order valence-electron chi connectivity index (χ4n) is 1.28. The Morgan fingerprint density at radius 2 is 2.00 bits per heavy atom. The average Bonchev–Trinajstić information content (AvgIpc) is 2.41. The van der Waals surface area contributed by atoms with Gasteiger partial charge in [-0.3, -0.25) is 0 Å². The zero-order chi connectivity index (χ0) is 10.3. The van der Waals surface area contributed by atoms with Crippen molar-refractivity contribution in [3.05, 3.63) is 28.8 Å². The summed E-state index contributed by atoms with van der Waals surface area (Å²) in [7, 11) is 0. The summed E-state index contributed by atoms with van der Waals surface area (Å²) in [5, 5.41) is 0.650. The van der Waals surface area contributed by atoms with Crippen molar-refractivity contribution >= 4 is 21.6 Å². The van der Waals surface area contributed by atoms with Gasteiger partial charge in [-0.05, 0) is 19.1 Å². The second kappa shape index (κ2) is 2.95. The first kappa shape index (κ1) is 9.45. The van der Waals surface area contributed by atoms with Gasteiger partial charge in [-0.1, -0.05) is 6.07 Å². The minimum Gasteiger partial charge on any atom is -0.241 e. The molecule has 0 amide bonds. The van der Waals surface area contributed by atoms with E-state index < -0.39 is 11.7 Å². The molecule has 1 aromatic carbocycles. The molecule has 0 atom stereocenters. The number of nitrogens with zero attached hydrogens (tertiary/aromatic N) is 1. The summed E-state index contributed by atoms with van der Waals surface area (Å²) < 4.78 is 37.7. The lowest BCUT2D eigenvalue weighted by Crippen LogP contribution is -2.04. The summed E-state index contributed by atoms with van der Waals surface area (Å²) in [4.78, 5) is 4.01. The minimum absolute atomic E-state index is 0.220. The van der Waals surface area contributed by atoms with Gasteiger partial charge in [0.05, 0.1) is 20.8 Å². The Balaban J connectivity index is 2.77. The summed E-state index contributed by atoms with van der Waals surface area (Å²) in [6.07, 6.45) is -4.29. The molecular weight excluding hydrogens is 211 g/mol. The number of aromatic nitrogens is 1. The number of thiazole rings is 1. The minimum atomic E-state index is -4.29. The third kappa shape index (κ3) is 1.48. The molecule has 0 spiro atoms. The van der Waals surface area contributed by atoms with E-state index in [1.54, 1.807) is 13.0 Å². The van der Waals surface area contributed by atoms with E-state index in [1.807, 2.05) is 0 Å². The fourth-order valence-corrected chi connectivity index (χ4v) is 2.23. The van der Waals surface area contributed by atoms with Gasteiger partial charge in [0.1, 0.15) is 0 Å². The first-order valence-corrected chi connectivity index (χ1v) is 4.73. The highest BCUT2D eigenvalue weighted by Gasteiger charge is 2.33. The zero-order valence-corrected chi connectivity index (χ0v) is 8.04. The zero-order valence-electron chi connectivity index (χ0n) is 7.22. The van der Waals surface area contributed by atoms with Gasteiger partial charge in [-0.15, -0.1) is 11.3 Å². The summed E-state index contributed by atoms with van der Waals surface area (Å²) in [6.45, 7) is 1.70. The number of fused-ring (bicyclic) bond motifs is 1. The Bertz CT molecular complexity index is 472. The predicted molar refractivity (Wildman–Crippen MR) is 49.4 cm³/mol. The molecule has 2 rings (SSSR count). The van der Waals surface area contributed by atoms with Crippen LogP contribution in [0.1, 0.15) is 10.6 Å². The molecule has 0 unspecified atom stereocenters. The molecule has 1 heterocycles. The molecule has 0 aliphatic carbocycles. The summed E-state index contributed by atoms with van der Waals surface area (Å²) in [5.41, 5.74) is -0.178. The number of rotatable bonds is 0. The van der Waals surface area contributed by atoms with E-state index >= 15 is 0 Å². The third-order valence-corrected chi connectivity index (χ3v) is 2.85. The lowest BCUT2D eigenvalue weighted by molar-refractivity contribution is -0.136. The fraction of sp³-hybridized carbons (Fsp3) is 0.222. The van der Waals surface area contributed by atoms with Gasteiger partial charge < -0.3 is 0 Å². The molecule has 2 aromatic rings. The highest BCUT2D eigenvalue weighted by Crippen LogP contribution is 2.37. The Labute approximate surface area is 82.2 Å². The SMILES string of the molecule is Cc1nc2cccc(C(F)(F)F)c2s1. The molecule has 0 radical (unpaired) electrons. The molecular formula is C9H6F3NS. The standard InChI is InChI=1S/C9H6F3NS/c1-5-13-7-4-2-3-6(8(7)14-5)9(10,11)12/h2-4H,1H3. The second-order valence-electron chi connectivity index (χ2n) is 2.88. The highest BCUT2D eigenvalue weighted by molar-refractivity contribution is 7.18. The van der Waals surface area contributed by atoms with Crippen LogP contribution < -0.4 is 0 Å². The quantitative estimate of drug-likeness (QED) is 0.656. The van der Waals surface area contributed by atoms with Crippen LogP contribution in [0.25, 0.3) is 10.2 Å². The van der Waals surface area contributed by atoms with Crippen LogP contribution in [0, 0.1) is 6.92 Å². The monoisotopic (exact) mass is 217 g/mol. The van der Waals surface area contributed by atoms with E-state index in [0.29, 0.717) is 10.5 Å². The van der Waals surface area contributed by atoms with Crippen LogP contribution in [-0.4, -0.2) is 4.98 Å². The number of alkyl halides is 3. The molecule has 0 N–H and O–H groups in total. The normalized spacial score (nSPS) is 12.3. The topological polar surface area (TPSA) is 12.9 Å². The first-order chi connectivity index (χ1) is 6.48. The van der Waals surface area contributed by atoms with Crippen molar-refractivity contribution in [3.8, 4) is 0 Å². The number of hydrogen-bond acceptors (Lipinski definition) is 2. The number of aryl methyl sites for hydroxylation is 1. The highest BCUT2D eigenvalue weighted by atomic mass is 32.1. The Morgan fingerprint density at radius 1 is 1.29 bits per heavy atom. The van der Waals surface area contributed by atoms with Gasteiger partial charge in [-0.2, -0.15) is 13.2 Å². The van der Waals surface area contributed by atoms with Crippen LogP contribution in [0.3, 0.4) is 0 Å². The van der Waals surface area contributed by atoms with E-state index in [1.165, 1.54) is 6.07 Å². The molecule has 0 saturated carbocycles. The van der Waals surface area contributed by atoms with E-state index in [0.717, 1.165) is 17.4 Å². The lowest BCUT2D eigenvalue weighted by atomic mass is 10.2. The first-order valence-electron chi connectivity index (χ1n) is 3.92. The maximum absolute atomic E-state index is 12.5. The van der Waals surface area contributed by atoms with E-state index in [9.17, 15) is 13.2 Å². The molecule has 1 aromatic heterocycles. The van der Waals surface area contributed by atoms with Crippen molar-refractivity contribution in [2.75, 3.05) is 0 Å². The van der Waals surface area contributed by atoms with Gasteiger partial charge in [0.2, 0.25) is 0 Å². The Morgan fingerprint density at radius 3 is 2.64 bits per heavy atom. The van der Waals surface area contributed by atoms with Gasteiger partial charge in [0, 0.05) is 0 Å². The van der Waals surface area contributed by atoms with Gasteiger partial charge in [0.25, 0.3) is 0 Å². The van der Waals surface area contributed by atoms with Crippen LogP contribution in [0.5, 0.6) is 0 Å². The van der Waals surface area contributed by atoms with Crippen molar-refractivity contribution in [2.24, 2.45) is 0 Å². The van der Waals surface area contributed by atoms with Gasteiger partial charge in [0.15, 0.2) is 0 Å². The van der Waals surface area contributed by atoms with Crippen molar-refractivity contribution in [2.45, 2.75) is 13.1 Å². The third-order valence-electron chi connectivity index (χ3n) is 1.83. The molecule has 0 bridgehead atoms. The molecule has 1 nitrogen and oxygen atoms in total. The summed E-state index contributed by atoms with van der Waals surface area (Å²) >= 11 is 1.07. The predicted octanol–water partition coefficient (Wildman–Crippen LogP) is 3.62. The Hall–Kier alpha value is -1.10. The van der Waals surface area contributed by atoms with Crippen LogP contribution in [0.2, 0.25) is 0 Å². The molecule has 0 aliphatic heterocycles. The van der Waals surface area contributed by atoms with Gasteiger partial charge in [-0.25, -0.2) is 4.98 Å². The van der Waals surface area contributed by atoms with Crippen molar-refractivity contribution < 1.29 is 13.2 Å². The van der Waals surface area contributed by atoms with Crippen LogP contribution in [-0.2, 0) is 6.18 Å². The summed E-state index contributed by atoms with van der Waals surface area (Å²) in [6, 6.07) is 4.05. The molecule has 0 saturated heterocycles. The maximum Gasteiger partial charge on any atom is 0.417 e. The maximum atomic E-state index is 12.5. The smallest absolute Gasteiger partial charge is 0.241 e. The van der Waals surface area contributed by atoms with Crippen LogP contribution >= 0.6 is 11.3 Å². The second-order valence-corrected chi connectivity index (χ2v) is 4.09. The van der Waals surface area contributed by atoms with E-state index in [-0.39, 0.29) is 4.70 Å². The van der Waals surface area contributed by atoms with E-state index in [2.05, 4.69) is 4.98 Å². The molecule has 14 heavy (non-hydrogen) atoms. The number of hydrogen-bond donors (Lipinski definition) is 0. The Kier molecular flexibility index (Phi) is 1.99. The lowest BCUT2D eigenvalue weighted by Gasteiger charge is -2.06. The van der Waals surface area contributed by atoms with E-state index in [4.69, 9.17) is 0 Å². The number of halogens is 3.